The van der Waals surface area contributed by atoms with Crippen LogP contribution in [0.3, 0.4) is 0 Å². The molecule has 0 bridgehead atoms. The second-order valence-corrected chi connectivity index (χ2v) is 5.39. The highest BCUT2D eigenvalue weighted by Crippen LogP contribution is 2.37. The maximum absolute atomic E-state index is 12.2. The van der Waals surface area contributed by atoms with Crippen LogP contribution in [0.4, 0.5) is 10.6 Å². The Bertz CT molecular complexity index is 581. The molecule has 0 radical (unpaired) electrons. The van der Waals surface area contributed by atoms with Crippen LogP contribution in [0.1, 0.15) is 30.9 Å². The lowest BCUT2D eigenvalue weighted by atomic mass is 9.77. The van der Waals surface area contributed by atoms with E-state index in [0.29, 0.717) is 11.7 Å². The van der Waals surface area contributed by atoms with Crippen LogP contribution >= 0.6 is 0 Å². The van der Waals surface area contributed by atoms with E-state index < -0.39 is 0 Å². The molecule has 1 unspecified atom stereocenters. The smallest absolute Gasteiger partial charge is 0.320 e. The van der Waals surface area contributed by atoms with E-state index in [9.17, 15) is 4.79 Å². The van der Waals surface area contributed by atoms with Crippen LogP contribution in [0.25, 0.3) is 0 Å². The largest absolute Gasteiger partial charge is 0.331 e. The summed E-state index contributed by atoms with van der Waals surface area (Å²) in [4.78, 5) is 16.3. The summed E-state index contributed by atoms with van der Waals surface area (Å²) in [5, 5.41) is 5.88. The van der Waals surface area contributed by atoms with Gasteiger partial charge in [0.25, 0.3) is 0 Å². The van der Waals surface area contributed by atoms with Crippen molar-refractivity contribution in [2.75, 3.05) is 5.32 Å². The number of aromatic nitrogens is 1. The molecule has 108 valence electrons. The number of rotatable bonds is 4. The Morgan fingerprint density at radius 2 is 1.86 bits per heavy atom. The number of carbonyl (C=O) groups is 1. The number of nitrogens with one attached hydrogen (secondary N) is 2. The number of anilines is 1. The molecule has 1 aliphatic carbocycles. The summed E-state index contributed by atoms with van der Waals surface area (Å²) in [5.41, 5.74) is 1.17. The molecule has 21 heavy (non-hydrogen) atoms. The molecule has 1 atom stereocenters. The van der Waals surface area contributed by atoms with Crippen LogP contribution in [0.15, 0.2) is 54.7 Å². The maximum atomic E-state index is 12.2. The van der Waals surface area contributed by atoms with Crippen LogP contribution in [0.5, 0.6) is 0 Å². The number of benzene rings is 1. The van der Waals surface area contributed by atoms with Crippen LogP contribution in [-0.2, 0) is 0 Å². The summed E-state index contributed by atoms with van der Waals surface area (Å²) in [5.74, 6) is 1.09. The van der Waals surface area contributed by atoms with E-state index in [1.807, 2.05) is 30.3 Å². The summed E-state index contributed by atoms with van der Waals surface area (Å²) >= 11 is 0. The molecule has 3 rings (SSSR count). The molecule has 0 saturated heterocycles. The first-order valence-electron chi connectivity index (χ1n) is 7.36. The molecule has 2 N–H and O–H groups in total. The normalized spacial score (nSPS) is 15.8. The van der Waals surface area contributed by atoms with Gasteiger partial charge >= 0.3 is 6.03 Å². The summed E-state index contributed by atoms with van der Waals surface area (Å²) in [6.45, 7) is 0. The van der Waals surface area contributed by atoms with Crippen molar-refractivity contribution in [2.24, 2.45) is 5.92 Å². The van der Waals surface area contributed by atoms with E-state index in [-0.39, 0.29) is 12.1 Å². The summed E-state index contributed by atoms with van der Waals surface area (Å²) < 4.78 is 0. The Hall–Kier alpha value is -2.36. The molecule has 4 heteroatoms. The van der Waals surface area contributed by atoms with Crippen LogP contribution in [0.2, 0.25) is 0 Å². The zero-order chi connectivity index (χ0) is 14.5. The molecule has 1 heterocycles. The standard InChI is InChI=1S/C17H19N3O/c21-17(19-15-11-4-5-12-18-15)20-16(14-9-6-10-14)13-7-2-1-3-8-13/h1-5,7-8,11-12,14,16H,6,9-10H2,(H2,18,19,20,21). The van der Waals surface area contributed by atoms with Crippen LogP contribution in [0, 0.1) is 5.92 Å². The first-order chi connectivity index (χ1) is 10.3. The third-order valence-electron chi connectivity index (χ3n) is 3.97. The van der Waals surface area contributed by atoms with E-state index in [0.717, 1.165) is 0 Å². The first kappa shape index (κ1) is 13.6. The third kappa shape index (κ3) is 3.40. The van der Waals surface area contributed by atoms with E-state index in [2.05, 4.69) is 27.8 Å². The lowest BCUT2D eigenvalue weighted by Crippen LogP contribution is -2.38. The number of carbonyl (C=O) groups excluding carboxylic acids is 1. The Morgan fingerprint density at radius 3 is 2.48 bits per heavy atom. The predicted molar refractivity (Wildman–Crippen MR) is 82.9 cm³/mol. The first-order valence-corrected chi connectivity index (χ1v) is 7.36. The second-order valence-electron chi connectivity index (χ2n) is 5.39. The van der Waals surface area contributed by atoms with Crippen LogP contribution < -0.4 is 10.6 Å². The highest BCUT2D eigenvalue weighted by Gasteiger charge is 2.29. The fraction of sp³-hybridized carbons (Fsp3) is 0.294. The fourth-order valence-electron chi connectivity index (χ4n) is 2.64. The van der Waals surface area contributed by atoms with E-state index in [4.69, 9.17) is 0 Å². The van der Waals surface area contributed by atoms with Gasteiger partial charge in [0.15, 0.2) is 0 Å². The Kier molecular flexibility index (Phi) is 4.15. The van der Waals surface area contributed by atoms with E-state index in [1.165, 1.54) is 24.8 Å². The minimum Gasteiger partial charge on any atom is -0.331 e. The van der Waals surface area contributed by atoms with Gasteiger partial charge in [-0.05, 0) is 36.5 Å². The van der Waals surface area contributed by atoms with Crippen molar-refractivity contribution in [3.63, 3.8) is 0 Å². The van der Waals surface area contributed by atoms with Crippen molar-refractivity contribution in [2.45, 2.75) is 25.3 Å². The lowest BCUT2D eigenvalue weighted by molar-refractivity contribution is 0.216. The number of urea groups is 1. The summed E-state index contributed by atoms with van der Waals surface area (Å²) in [6, 6.07) is 15.5. The third-order valence-corrected chi connectivity index (χ3v) is 3.97. The topological polar surface area (TPSA) is 54.0 Å². The van der Waals surface area contributed by atoms with Gasteiger partial charge in [0.05, 0.1) is 6.04 Å². The Morgan fingerprint density at radius 1 is 1.10 bits per heavy atom. The van der Waals surface area contributed by atoms with E-state index >= 15 is 0 Å². The SMILES string of the molecule is O=C(Nc1ccccn1)NC(c1ccccc1)C1CCC1. The average Bonchev–Trinajstić information content (AvgIpc) is 2.47. The predicted octanol–water partition coefficient (Wildman–Crippen LogP) is 3.74. The number of pyridine rings is 1. The second kappa shape index (κ2) is 6.39. The molecule has 1 aromatic carbocycles. The zero-order valence-corrected chi connectivity index (χ0v) is 11.8. The molecule has 0 spiro atoms. The Labute approximate surface area is 124 Å². The maximum Gasteiger partial charge on any atom is 0.320 e. The van der Waals surface area contributed by atoms with Gasteiger partial charge in [-0.25, -0.2) is 9.78 Å². The van der Waals surface area contributed by atoms with Crippen molar-refractivity contribution in [1.82, 2.24) is 10.3 Å². The van der Waals surface area contributed by atoms with Gasteiger partial charge in [-0.15, -0.1) is 0 Å². The molecule has 2 aromatic rings. The van der Waals surface area contributed by atoms with Crippen molar-refractivity contribution in [1.29, 1.82) is 0 Å². The van der Waals surface area contributed by atoms with Crippen molar-refractivity contribution in [3.05, 3.63) is 60.3 Å². The lowest BCUT2D eigenvalue weighted by Gasteiger charge is -2.34. The molecule has 2 amide bonds. The highest BCUT2D eigenvalue weighted by atomic mass is 16.2. The molecule has 1 aliphatic rings. The molecule has 1 fully saturated rings. The molecular formula is C17H19N3O. The van der Waals surface area contributed by atoms with Crippen LogP contribution in [-0.4, -0.2) is 11.0 Å². The summed E-state index contributed by atoms with van der Waals surface area (Å²) in [6.07, 6.45) is 5.25. The van der Waals surface area contributed by atoms with Gasteiger partial charge in [-0.2, -0.15) is 0 Å². The Balaban J connectivity index is 1.68. The van der Waals surface area contributed by atoms with Crippen molar-refractivity contribution >= 4 is 11.8 Å². The van der Waals surface area contributed by atoms with Gasteiger partial charge in [-0.3, -0.25) is 5.32 Å². The van der Waals surface area contributed by atoms with Crippen molar-refractivity contribution in [3.8, 4) is 0 Å². The van der Waals surface area contributed by atoms with Crippen molar-refractivity contribution < 1.29 is 4.79 Å². The minimum absolute atomic E-state index is 0.0728. The van der Waals surface area contributed by atoms with Gasteiger partial charge < -0.3 is 5.32 Å². The number of hydrogen-bond donors (Lipinski definition) is 2. The summed E-state index contributed by atoms with van der Waals surface area (Å²) in [7, 11) is 0. The fourth-order valence-corrected chi connectivity index (χ4v) is 2.64. The van der Waals surface area contributed by atoms with Gasteiger partial charge in [-0.1, -0.05) is 42.8 Å². The van der Waals surface area contributed by atoms with Gasteiger partial charge in [0.2, 0.25) is 0 Å². The average molecular weight is 281 g/mol. The molecule has 1 saturated carbocycles. The number of hydrogen-bond acceptors (Lipinski definition) is 2. The monoisotopic (exact) mass is 281 g/mol. The molecule has 0 aliphatic heterocycles. The van der Waals surface area contributed by atoms with Gasteiger partial charge in [0, 0.05) is 6.20 Å². The molecule has 1 aromatic heterocycles. The molecule has 4 nitrogen and oxygen atoms in total. The number of amides is 2. The zero-order valence-electron chi connectivity index (χ0n) is 11.8. The highest BCUT2D eigenvalue weighted by molar-refractivity contribution is 5.88. The van der Waals surface area contributed by atoms with E-state index in [1.54, 1.807) is 12.3 Å². The minimum atomic E-state index is -0.200. The molecular weight excluding hydrogens is 262 g/mol. The number of nitrogens with zero attached hydrogens (tertiary/aromatic N) is 1. The quantitative estimate of drug-likeness (QED) is 0.897. The van der Waals surface area contributed by atoms with Gasteiger partial charge in [0.1, 0.15) is 5.82 Å².